The van der Waals surface area contributed by atoms with E-state index in [0.29, 0.717) is 12.3 Å². The van der Waals surface area contributed by atoms with Crippen LogP contribution in [0.4, 0.5) is 0 Å². The molecule has 0 saturated heterocycles. The molecule has 96 valence electrons. The highest BCUT2D eigenvalue weighted by atomic mass is 16.5. The molecule has 1 atom stereocenters. The van der Waals surface area contributed by atoms with Crippen LogP contribution in [0.25, 0.3) is 10.4 Å². The first-order valence-electron chi connectivity index (χ1n) is 5.36. The largest absolute Gasteiger partial charge is 0.497 e. The van der Waals surface area contributed by atoms with Crippen molar-refractivity contribution in [2.24, 2.45) is 10.8 Å². The third-order valence-electron chi connectivity index (χ3n) is 2.36. The smallest absolute Gasteiger partial charge is 0.239 e. The highest BCUT2D eigenvalue weighted by Crippen LogP contribution is 2.17. The summed E-state index contributed by atoms with van der Waals surface area (Å²) >= 11 is 0. The molecule has 1 aromatic rings. The molecule has 1 rings (SSSR count). The zero-order valence-electron chi connectivity index (χ0n) is 10.0. The number of methoxy groups -OCH3 is 1. The normalized spacial score (nSPS) is 11.4. The van der Waals surface area contributed by atoms with Crippen molar-refractivity contribution in [1.82, 2.24) is 5.32 Å². The van der Waals surface area contributed by atoms with Gasteiger partial charge in [0.05, 0.1) is 7.11 Å². The van der Waals surface area contributed by atoms with E-state index in [1.165, 1.54) is 0 Å². The van der Waals surface area contributed by atoms with E-state index in [2.05, 4.69) is 15.3 Å². The standard InChI is InChI=1S/C11H15N5O2/c1-18-9-4-2-8(3-5-9)10(11(12)17)14-6-7-15-16-13/h2-5,10,14H,6-7H2,1H3,(H2,12,17). The van der Waals surface area contributed by atoms with E-state index < -0.39 is 11.9 Å². The van der Waals surface area contributed by atoms with Gasteiger partial charge in [-0.25, -0.2) is 0 Å². The zero-order chi connectivity index (χ0) is 13.4. The Kier molecular flexibility index (Phi) is 5.50. The van der Waals surface area contributed by atoms with Crippen LogP contribution in [0.3, 0.4) is 0 Å². The van der Waals surface area contributed by atoms with Crippen LogP contribution in [0.2, 0.25) is 0 Å². The molecule has 0 aliphatic rings. The van der Waals surface area contributed by atoms with E-state index in [9.17, 15) is 4.79 Å². The first-order valence-corrected chi connectivity index (χ1v) is 5.36. The fraction of sp³-hybridized carbons (Fsp3) is 0.364. The van der Waals surface area contributed by atoms with Crippen LogP contribution in [0.1, 0.15) is 11.6 Å². The van der Waals surface area contributed by atoms with Gasteiger partial charge in [0.1, 0.15) is 11.8 Å². The second kappa shape index (κ2) is 7.16. The third-order valence-corrected chi connectivity index (χ3v) is 2.36. The molecular weight excluding hydrogens is 234 g/mol. The predicted molar refractivity (Wildman–Crippen MR) is 66.9 cm³/mol. The summed E-state index contributed by atoms with van der Waals surface area (Å²) in [6.07, 6.45) is 0. The molecule has 7 nitrogen and oxygen atoms in total. The Morgan fingerprint density at radius 2 is 2.22 bits per heavy atom. The molecule has 0 saturated carbocycles. The van der Waals surface area contributed by atoms with Crippen molar-refractivity contribution in [3.05, 3.63) is 40.3 Å². The van der Waals surface area contributed by atoms with E-state index in [1.807, 2.05) is 0 Å². The van der Waals surface area contributed by atoms with E-state index in [-0.39, 0.29) is 6.54 Å². The number of hydrogen-bond donors (Lipinski definition) is 2. The maximum Gasteiger partial charge on any atom is 0.239 e. The summed E-state index contributed by atoms with van der Waals surface area (Å²) in [7, 11) is 1.57. The summed E-state index contributed by atoms with van der Waals surface area (Å²) in [6, 6.07) is 6.41. The Balaban J connectivity index is 2.70. The number of carbonyl (C=O) groups excluding carboxylic acids is 1. The molecule has 0 aliphatic carbocycles. The number of benzene rings is 1. The second-order valence-corrected chi connectivity index (χ2v) is 3.52. The zero-order valence-corrected chi connectivity index (χ0v) is 10.0. The number of rotatable bonds is 7. The van der Waals surface area contributed by atoms with Crippen LogP contribution in [0, 0.1) is 0 Å². The van der Waals surface area contributed by atoms with Gasteiger partial charge in [0, 0.05) is 18.0 Å². The van der Waals surface area contributed by atoms with Crippen molar-refractivity contribution >= 4 is 5.91 Å². The molecule has 0 aromatic heterocycles. The monoisotopic (exact) mass is 249 g/mol. The summed E-state index contributed by atoms with van der Waals surface area (Å²) in [5.74, 6) is 0.220. The minimum atomic E-state index is -0.607. The van der Waals surface area contributed by atoms with Gasteiger partial charge in [-0.15, -0.1) is 0 Å². The van der Waals surface area contributed by atoms with Gasteiger partial charge >= 0.3 is 0 Å². The maximum atomic E-state index is 11.3. The van der Waals surface area contributed by atoms with E-state index in [1.54, 1.807) is 31.4 Å². The minimum Gasteiger partial charge on any atom is -0.497 e. The number of azide groups is 1. The average Bonchev–Trinajstić information content (AvgIpc) is 2.39. The Morgan fingerprint density at radius 3 is 2.72 bits per heavy atom. The summed E-state index contributed by atoms with van der Waals surface area (Å²) in [6.45, 7) is 0.639. The fourth-order valence-corrected chi connectivity index (χ4v) is 1.48. The molecule has 7 heteroatoms. The number of nitrogens with one attached hydrogen (secondary N) is 1. The quantitative estimate of drug-likeness (QED) is 0.326. The molecule has 0 aliphatic heterocycles. The van der Waals surface area contributed by atoms with Crippen LogP contribution in [-0.2, 0) is 4.79 Å². The molecule has 0 heterocycles. The van der Waals surface area contributed by atoms with Gasteiger partial charge in [-0.3, -0.25) is 4.79 Å². The molecule has 0 spiro atoms. The lowest BCUT2D eigenvalue weighted by atomic mass is 10.1. The summed E-state index contributed by atoms with van der Waals surface area (Å²) in [4.78, 5) is 14.0. The summed E-state index contributed by atoms with van der Waals surface area (Å²) in [5.41, 5.74) is 14.2. The average molecular weight is 249 g/mol. The maximum absolute atomic E-state index is 11.3. The molecule has 18 heavy (non-hydrogen) atoms. The van der Waals surface area contributed by atoms with E-state index >= 15 is 0 Å². The molecule has 1 aromatic carbocycles. The van der Waals surface area contributed by atoms with Crippen LogP contribution in [-0.4, -0.2) is 26.1 Å². The van der Waals surface area contributed by atoms with E-state index in [4.69, 9.17) is 16.0 Å². The Labute approximate surface area is 105 Å². The van der Waals surface area contributed by atoms with Gasteiger partial charge < -0.3 is 15.8 Å². The summed E-state index contributed by atoms with van der Waals surface area (Å²) < 4.78 is 5.03. The van der Waals surface area contributed by atoms with Crippen molar-refractivity contribution < 1.29 is 9.53 Å². The SMILES string of the molecule is COc1ccc(C(NCCN=[N+]=[N-])C(N)=O)cc1. The first-order chi connectivity index (χ1) is 8.69. The van der Waals surface area contributed by atoms with Crippen LogP contribution < -0.4 is 15.8 Å². The van der Waals surface area contributed by atoms with Gasteiger partial charge in [-0.1, -0.05) is 17.2 Å². The number of primary amides is 1. The van der Waals surface area contributed by atoms with Crippen molar-refractivity contribution in [2.75, 3.05) is 20.2 Å². The third kappa shape index (κ3) is 3.97. The summed E-state index contributed by atoms with van der Waals surface area (Å²) in [5, 5.41) is 6.30. The Hall–Kier alpha value is -2.24. The van der Waals surface area contributed by atoms with Gasteiger partial charge in [0.2, 0.25) is 5.91 Å². The molecule has 1 amide bonds. The number of amides is 1. The number of ether oxygens (including phenoxy) is 1. The molecule has 0 radical (unpaired) electrons. The molecule has 1 unspecified atom stereocenters. The van der Waals surface area contributed by atoms with Crippen LogP contribution in [0.15, 0.2) is 29.4 Å². The predicted octanol–water partition coefficient (Wildman–Crippen LogP) is 1.12. The van der Waals surface area contributed by atoms with Gasteiger partial charge in [0.25, 0.3) is 0 Å². The molecule has 3 N–H and O–H groups in total. The van der Waals surface area contributed by atoms with E-state index in [0.717, 1.165) is 5.56 Å². The topological polar surface area (TPSA) is 113 Å². The van der Waals surface area contributed by atoms with Crippen molar-refractivity contribution in [3.63, 3.8) is 0 Å². The lowest BCUT2D eigenvalue weighted by Gasteiger charge is -2.15. The van der Waals surface area contributed by atoms with Crippen molar-refractivity contribution in [1.29, 1.82) is 0 Å². The molecule has 0 fully saturated rings. The number of nitrogens with two attached hydrogens (primary N) is 1. The lowest BCUT2D eigenvalue weighted by Crippen LogP contribution is -2.34. The van der Waals surface area contributed by atoms with Crippen LogP contribution >= 0.6 is 0 Å². The van der Waals surface area contributed by atoms with Gasteiger partial charge in [-0.2, -0.15) is 0 Å². The highest BCUT2D eigenvalue weighted by molar-refractivity contribution is 5.81. The number of nitrogens with zero attached hydrogens (tertiary/aromatic N) is 3. The molecular formula is C11H15N5O2. The molecule has 0 bridgehead atoms. The lowest BCUT2D eigenvalue weighted by molar-refractivity contribution is -0.120. The highest BCUT2D eigenvalue weighted by Gasteiger charge is 2.16. The number of hydrogen-bond acceptors (Lipinski definition) is 4. The second-order valence-electron chi connectivity index (χ2n) is 3.52. The first kappa shape index (κ1) is 13.8. The van der Waals surface area contributed by atoms with Crippen LogP contribution in [0.5, 0.6) is 5.75 Å². The van der Waals surface area contributed by atoms with Gasteiger partial charge in [0.15, 0.2) is 0 Å². The van der Waals surface area contributed by atoms with Crippen molar-refractivity contribution in [3.8, 4) is 5.75 Å². The minimum absolute atomic E-state index is 0.260. The van der Waals surface area contributed by atoms with Crippen molar-refractivity contribution in [2.45, 2.75) is 6.04 Å². The number of carbonyl (C=O) groups is 1. The Bertz CT molecular complexity index is 439. The fourth-order valence-electron chi connectivity index (χ4n) is 1.48. The Morgan fingerprint density at radius 1 is 1.56 bits per heavy atom. The van der Waals surface area contributed by atoms with Gasteiger partial charge in [-0.05, 0) is 23.2 Å².